The third-order valence-electron chi connectivity index (χ3n) is 4.40. The zero-order valence-electron chi connectivity index (χ0n) is 15.2. The molecule has 0 saturated heterocycles. The van der Waals surface area contributed by atoms with Crippen molar-refractivity contribution in [2.75, 3.05) is 5.32 Å². The third-order valence-corrected chi connectivity index (χ3v) is 4.40. The smallest absolute Gasteiger partial charge is 0.273 e. The predicted octanol–water partition coefficient (Wildman–Crippen LogP) is 3.80. The van der Waals surface area contributed by atoms with Crippen LogP contribution in [-0.2, 0) is 7.05 Å². The summed E-state index contributed by atoms with van der Waals surface area (Å²) < 4.78 is 1.82. The lowest BCUT2D eigenvalue weighted by Crippen LogP contribution is -2.12. The van der Waals surface area contributed by atoms with E-state index >= 15 is 0 Å². The maximum absolute atomic E-state index is 12.5. The normalized spacial score (nSPS) is 11.1. The molecular weight excluding hydrogens is 314 g/mol. The van der Waals surface area contributed by atoms with Gasteiger partial charge in [-0.05, 0) is 43.5 Å². The van der Waals surface area contributed by atoms with Crippen LogP contribution in [0, 0.1) is 13.8 Å². The molecule has 1 amide bonds. The van der Waals surface area contributed by atoms with Crippen LogP contribution in [-0.4, -0.2) is 25.9 Å². The Balaban J connectivity index is 1.83. The molecule has 0 aliphatic rings. The molecule has 130 valence electrons. The number of carbonyl (C=O) groups is 1. The summed E-state index contributed by atoms with van der Waals surface area (Å²) in [6.07, 6.45) is 0. The van der Waals surface area contributed by atoms with Gasteiger partial charge < -0.3 is 5.32 Å². The first kappa shape index (κ1) is 17.0. The van der Waals surface area contributed by atoms with Gasteiger partial charge in [0.15, 0.2) is 0 Å². The zero-order valence-corrected chi connectivity index (χ0v) is 15.2. The number of amides is 1. The molecule has 2 N–H and O–H groups in total. The summed E-state index contributed by atoms with van der Waals surface area (Å²) in [6.45, 7) is 8.18. The summed E-state index contributed by atoms with van der Waals surface area (Å²) in [5.41, 5.74) is 5.98. The second-order valence-corrected chi connectivity index (χ2v) is 6.57. The van der Waals surface area contributed by atoms with Crippen LogP contribution in [0.15, 0.2) is 30.3 Å². The van der Waals surface area contributed by atoms with Crippen molar-refractivity contribution < 1.29 is 4.79 Å². The second kappa shape index (κ2) is 6.55. The van der Waals surface area contributed by atoms with E-state index in [9.17, 15) is 4.79 Å². The Hall–Kier alpha value is -2.89. The van der Waals surface area contributed by atoms with Crippen molar-refractivity contribution in [3.63, 3.8) is 0 Å². The summed E-state index contributed by atoms with van der Waals surface area (Å²) in [4.78, 5) is 12.5. The minimum atomic E-state index is -0.209. The molecular formula is C19H23N5O. The molecule has 0 radical (unpaired) electrons. The van der Waals surface area contributed by atoms with Crippen molar-refractivity contribution in [1.82, 2.24) is 20.0 Å². The molecule has 1 aromatic carbocycles. The van der Waals surface area contributed by atoms with Gasteiger partial charge in [0.2, 0.25) is 0 Å². The molecule has 25 heavy (non-hydrogen) atoms. The van der Waals surface area contributed by atoms with Crippen molar-refractivity contribution in [2.24, 2.45) is 7.05 Å². The Labute approximate surface area is 147 Å². The van der Waals surface area contributed by atoms with Crippen LogP contribution in [0.3, 0.4) is 0 Å². The lowest BCUT2D eigenvalue weighted by atomic mass is 10.0. The minimum Gasteiger partial charge on any atom is -0.321 e. The topological polar surface area (TPSA) is 75.6 Å². The van der Waals surface area contributed by atoms with Gasteiger partial charge in [-0.25, -0.2) is 0 Å². The van der Waals surface area contributed by atoms with Gasteiger partial charge in [-0.1, -0.05) is 26.0 Å². The summed E-state index contributed by atoms with van der Waals surface area (Å²) in [5.74, 6) is 0.200. The Kier molecular flexibility index (Phi) is 4.44. The fourth-order valence-electron chi connectivity index (χ4n) is 2.88. The van der Waals surface area contributed by atoms with Crippen LogP contribution in [0.4, 0.5) is 5.69 Å². The second-order valence-electron chi connectivity index (χ2n) is 6.57. The number of aryl methyl sites for hydroxylation is 2. The average molecular weight is 337 g/mol. The first-order chi connectivity index (χ1) is 11.9. The van der Waals surface area contributed by atoms with E-state index in [2.05, 4.69) is 40.5 Å². The number of carbonyl (C=O) groups excluding carboxylic acids is 1. The molecule has 2 heterocycles. The van der Waals surface area contributed by atoms with Gasteiger partial charge in [-0.15, -0.1) is 0 Å². The molecule has 0 aliphatic carbocycles. The molecule has 2 aromatic heterocycles. The highest BCUT2D eigenvalue weighted by molar-refractivity contribution is 6.03. The number of nitrogens with one attached hydrogen (secondary N) is 2. The van der Waals surface area contributed by atoms with Crippen LogP contribution in [0.1, 0.15) is 47.2 Å². The molecule has 0 atom stereocenters. The summed E-state index contributed by atoms with van der Waals surface area (Å²) in [6, 6.07) is 9.65. The number of aromatic amines is 1. The van der Waals surface area contributed by atoms with Gasteiger partial charge in [0.25, 0.3) is 5.91 Å². The number of rotatable bonds is 4. The van der Waals surface area contributed by atoms with Crippen LogP contribution in [0.25, 0.3) is 11.3 Å². The van der Waals surface area contributed by atoms with E-state index in [4.69, 9.17) is 0 Å². The highest BCUT2D eigenvalue weighted by Gasteiger charge is 2.17. The Bertz CT molecular complexity index is 920. The van der Waals surface area contributed by atoms with E-state index in [1.165, 1.54) is 5.56 Å². The lowest BCUT2D eigenvalue weighted by molar-refractivity contribution is 0.102. The number of nitrogens with zero attached hydrogens (tertiary/aromatic N) is 3. The molecule has 0 aliphatic heterocycles. The van der Waals surface area contributed by atoms with Crippen molar-refractivity contribution in [3.05, 3.63) is 53.0 Å². The van der Waals surface area contributed by atoms with Crippen molar-refractivity contribution in [2.45, 2.75) is 33.6 Å². The van der Waals surface area contributed by atoms with Gasteiger partial charge in [-0.2, -0.15) is 10.2 Å². The predicted molar refractivity (Wildman–Crippen MR) is 98.7 cm³/mol. The van der Waals surface area contributed by atoms with E-state index in [1.807, 2.05) is 43.8 Å². The van der Waals surface area contributed by atoms with Crippen molar-refractivity contribution >= 4 is 11.6 Å². The van der Waals surface area contributed by atoms with Crippen LogP contribution in [0.5, 0.6) is 0 Å². The highest BCUT2D eigenvalue weighted by atomic mass is 16.1. The molecule has 0 spiro atoms. The molecule has 0 saturated carbocycles. The minimum absolute atomic E-state index is 0.209. The van der Waals surface area contributed by atoms with E-state index in [1.54, 1.807) is 6.07 Å². The molecule has 0 bridgehead atoms. The maximum atomic E-state index is 12.5. The quantitative estimate of drug-likeness (QED) is 0.760. The number of anilines is 1. The Morgan fingerprint density at radius 3 is 2.64 bits per heavy atom. The van der Waals surface area contributed by atoms with Crippen LogP contribution < -0.4 is 5.32 Å². The van der Waals surface area contributed by atoms with Gasteiger partial charge in [0.1, 0.15) is 5.69 Å². The van der Waals surface area contributed by atoms with Crippen LogP contribution in [0.2, 0.25) is 0 Å². The summed E-state index contributed by atoms with van der Waals surface area (Å²) >= 11 is 0. The van der Waals surface area contributed by atoms with E-state index in [0.717, 1.165) is 28.3 Å². The number of aromatic nitrogens is 4. The Morgan fingerprint density at radius 1 is 1.24 bits per heavy atom. The monoisotopic (exact) mass is 337 g/mol. The Morgan fingerprint density at radius 2 is 2.00 bits per heavy atom. The number of hydrogen-bond donors (Lipinski definition) is 2. The number of benzene rings is 1. The molecule has 3 aromatic rings. The van der Waals surface area contributed by atoms with Gasteiger partial charge in [-0.3, -0.25) is 14.6 Å². The fourth-order valence-corrected chi connectivity index (χ4v) is 2.88. The standard InChI is InChI=1S/C19H23N5O/c1-11(2)14-7-6-8-15(9-14)20-19(25)17-10-16(21-22-17)18-12(3)23-24(5)13(18)4/h6-11H,1-5H3,(H,20,25)(H,21,22). The van der Waals surface area contributed by atoms with E-state index in [0.29, 0.717) is 11.6 Å². The molecule has 0 unspecified atom stereocenters. The first-order valence-electron chi connectivity index (χ1n) is 8.34. The maximum Gasteiger partial charge on any atom is 0.273 e. The van der Waals surface area contributed by atoms with E-state index in [-0.39, 0.29) is 5.91 Å². The molecule has 6 nitrogen and oxygen atoms in total. The lowest BCUT2D eigenvalue weighted by Gasteiger charge is -2.08. The number of H-pyrrole nitrogens is 1. The van der Waals surface area contributed by atoms with E-state index < -0.39 is 0 Å². The van der Waals surface area contributed by atoms with Gasteiger partial charge >= 0.3 is 0 Å². The zero-order chi connectivity index (χ0) is 18.1. The first-order valence-corrected chi connectivity index (χ1v) is 8.34. The van der Waals surface area contributed by atoms with Crippen molar-refractivity contribution in [1.29, 1.82) is 0 Å². The molecule has 6 heteroatoms. The molecule has 0 fully saturated rings. The van der Waals surface area contributed by atoms with Gasteiger partial charge in [0.05, 0.1) is 11.4 Å². The summed E-state index contributed by atoms with van der Waals surface area (Å²) in [5, 5.41) is 14.4. The van der Waals surface area contributed by atoms with Crippen molar-refractivity contribution in [3.8, 4) is 11.3 Å². The molecule has 3 rings (SSSR count). The average Bonchev–Trinajstić information content (AvgIpc) is 3.13. The highest BCUT2D eigenvalue weighted by Crippen LogP contribution is 2.25. The summed E-state index contributed by atoms with van der Waals surface area (Å²) in [7, 11) is 1.90. The number of hydrogen-bond acceptors (Lipinski definition) is 3. The van der Waals surface area contributed by atoms with Gasteiger partial charge in [0, 0.05) is 24.0 Å². The largest absolute Gasteiger partial charge is 0.321 e. The third kappa shape index (κ3) is 3.33. The fraction of sp³-hybridized carbons (Fsp3) is 0.316. The van der Waals surface area contributed by atoms with Crippen LogP contribution >= 0.6 is 0 Å². The SMILES string of the molecule is Cc1nn(C)c(C)c1-c1cc(C(=O)Nc2cccc(C(C)C)c2)[nH]n1.